The zero-order valence-corrected chi connectivity index (χ0v) is 7.91. The summed E-state index contributed by atoms with van der Waals surface area (Å²) in [5.41, 5.74) is -0.804. The lowest BCUT2D eigenvalue weighted by atomic mass is 10.1. The average Bonchev–Trinajstić information content (AvgIpc) is 2.08. The summed E-state index contributed by atoms with van der Waals surface area (Å²) in [6, 6.07) is 2.25. The van der Waals surface area contributed by atoms with E-state index in [9.17, 15) is 20.0 Å². The van der Waals surface area contributed by atoms with E-state index in [1.165, 1.54) is 6.07 Å². The van der Waals surface area contributed by atoms with E-state index in [2.05, 4.69) is 0 Å². The van der Waals surface area contributed by atoms with Gasteiger partial charge in [-0.2, -0.15) is 0 Å². The molecule has 0 radical (unpaired) electrons. The molecule has 1 aromatic carbocycles. The summed E-state index contributed by atoms with van der Waals surface area (Å²) in [6.07, 6.45) is 0. The van der Waals surface area contributed by atoms with Crippen LogP contribution in [-0.2, 0) is 0 Å². The molecule has 1 N–H and O–H groups in total. The number of nitrogens with zero attached hydrogens (tertiary/aromatic N) is 1. The molecule has 1 aromatic rings. The van der Waals surface area contributed by atoms with E-state index in [4.69, 9.17) is 11.6 Å². The molecule has 0 spiro atoms. The fourth-order valence-corrected chi connectivity index (χ4v) is 1.21. The van der Waals surface area contributed by atoms with Gasteiger partial charge in [-0.1, -0.05) is 11.6 Å². The Labute approximate surface area is 84.1 Å². The maximum absolute atomic E-state index is 11.0. The Morgan fingerprint density at radius 2 is 2.14 bits per heavy atom. The highest BCUT2D eigenvalue weighted by Crippen LogP contribution is 2.34. The van der Waals surface area contributed by atoms with E-state index in [0.717, 1.165) is 13.0 Å². The lowest BCUT2D eigenvalue weighted by Crippen LogP contribution is -2.00. The summed E-state index contributed by atoms with van der Waals surface area (Å²) in [5.74, 6) is -1.15. The number of hydrogen-bond donors (Lipinski definition) is 1. The molecule has 0 aliphatic rings. The third-order valence-electron chi connectivity index (χ3n) is 1.66. The summed E-state index contributed by atoms with van der Waals surface area (Å²) in [7, 11) is 0. The Morgan fingerprint density at radius 3 is 2.57 bits per heavy atom. The van der Waals surface area contributed by atoms with Crippen LogP contribution >= 0.6 is 11.6 Å². The number of nitro benzene ring substituents is 1. The predicted octanol–water partition coefficient (Wildman–Crippen LogP) is 2.16. The Bertz CT molecular complexity index is 416. The third-order valence-corrected chi connectivity index (χ3v) is 1.96. The van der Waals surface area contributed by atoms with E-state index in [-0.39, 0.29) is 10.6 Å². The molecule has 5 nitrogen and oxygen atoms in total. The van der Waals surface area contributed by atoms with Crippen molar-refractivity contribution in [2.24, 2.45) is 0 Å². The van der Waals surface area contributed by atoms with Crippen LogP contribution in [0.15, 0.2) is 12.1 Å². The van der Waals surface area contributed by atoms with Crippen molar-refractivity contribution in [3.05, 3.63) is 32.8 Å². The van der Waals surface area contributed by atoms with Crippen LogP contribution in [0.4, 0.5) is 5.69 Å². The summed E-state index contributed by atoms with van der Waals surface area (Å²) >= 11 is 5.51. The maximum Gasteiger partial charge on any atom is 0.284 e. The van der Waals surface area contributed by atoms with Gasteiger partial charge in [-0.15, -0.1) is 0 Å². The molecule has 0 aliphatic heterocycles. The Morgan fingerprint density at radius 1 is 1.57 bits per heavy atom. The van der Waals surface area contributed by atoms with Gasteiger partial charge >= 0.3 is 0 Å². The van der Waals surface area contributed by atoms with Crippen LogP contribution in [0.2, 0.25) is 5.02 Å². The first-order valence-corrected chi connectivity index (χ1v) is 3.99. The highest BCUT2D eigenvalue weighted by atomic mass is 35.5. The number of Topliss-reactive ketones (excluding diaryl/α,β-unsaturated/α-hetero) is 1. The number of rotatable bonds is 2. The normalized spacial score (nSPS) is 9.86. The van der Waals surface area contributed by atoms with Crippen LogP contribution in [0.5, 0.6) is 5.75 Å². The largest absolute Gasteiger partial charge is 0.505 e. The van der Waals surface area contributed by atoms with Crippen molar-refractivity contribution < 1.29 is 14.8 Å². The summed E-state index contributed by atoms with van der Waals surface area (Å²) < 4.78 is 0. The van der Waals surface area contributed by atoms with E-state index in [1.54, 1.807) is 0 Å². The van der Waals surface area contributed by atoms with Crippen LogP contribution in [0, 0.1) is 10.1 Å². The standard InChI is InChI=1S/C8H6ClNO4/c1-4(11)7-6(10(13)14)3-2-5(9)8(7)12/h2-3,12H,1H3. The van der Waals surface area contributed by atoms with Crippen molar-refractivity contribution in [2.75, 3.05) is 0 Å². The second-order valence-corrected chi connectivity index (χ2v) is 3.01. The van der Waals surface area contributed by atoms with Crippen molar-refractivity contribution in [2.45, 2.75) is 6.92 Å². The molecule has 74 valence electrons. The smallest absolute Gasteiger partial charge is 0.284 e. The highest BCUT2D eigenvalue weighted by molar-refractivity contribution is 6.32. The van der Waals surface area contributed by atoms with E-state index >= 15 is 0 Å². The Balaban J connectivity index is 3.53. The molecular formula is C8H6ClNO4. The number of phenols is 1. The minimum Gasteiger partial charge on any atom is -0.505 e. The third kappa shape index (κ3) is 1.67. The number of ketones is 1. The minimum absolute atomic E-state index is 0.0826. The maximum atomic E-state index is 11.0. The minimum atomic E-state index is -0.743. The molecule has 0 aliphatic carbocycles. The molecular weight excluding hydrogens is 210 g/mol. The number of carbonyl (C=O) groups excluding carboxylic acids is 1. The van der Waals surface area contributed by atoms with E-state index in [1.807, 2.05) is 0 Å². The lowest BCUT2D eigenvalue weighted by Gasteiger charge is -2.02. The van der Waals surface area contributed by atoms with Crippen LogP contribution < -0.4 is 0 Å². The molecule has 0 amide bonds. The SMILES string of the molecule is CC(=O)c1c([N+](=O)[O-])ccc(Cl)c1O. The Hall–Kier alpha value is -1.62. The quantitative estimate of drug-likeness (QED) is 0.466. The molecule has 0 bridgehead atoms. The van der Waals surface area contributed by atoms with Crippen LogP contribution in [0.3, 0.4) is 0 Å². The molecule has 0 atom stereocenters. The summed E-state index contributed by atoms with van der Waals surface area (Å²) in [5, 5.41) is 19.7. The first kappa shape index (κ1) is 10.5. The number of carbonyl (C=O) groups is 1. The van der Waals surface area contributed by atoms with Gasteiger partial charge < -0.3 is 5.11 Å². The van der Waals surface area contributed by atoms with Crippen molar-refractivity contribution in [1.82, 2.24) is 0 Å². The fourth-order valence-electron chi connectivity index (χ4n) is 1.05. The monoisotopic (exact) mass is 215 g/mol. The molecule has 0 saturated heterocycles. The van der Waals surface area contributed by atoms with Gasteiger partial charge in [-0.3, -0.25) is 14.9 Å². The van der Waals surface area contributed by atoms with Crippen molar-refractivity contribution in [3.8, 4) is 5.75 Å². The number of hydrogen-bond acceptors (Lipinski definition) is 4. The molecule has 0 fully saturated rings. The first-order valence-electron chi connectivity index (χ1n) is 3.62. The van der Waals surface area contributed by atoms with Crippen LogP contribution in [-0.4, -0.2) is 15.8 Å². The van der Waals surface area contributed by atoms with Gasteiger partial charge in [-0.25, -0.2) is 0 Å². The molecule has 6 heteroatoms. The van der Waals surface area contributed by atoms with Gasteiger partial charge in [0.25, 0.3) is 5.69 Å². The molecule has 0 saturated carbocycles. The second kappa shape index (κ2) is 3.63. The molecule has 0 aromatic heterocycles. The Kier molecular flexibility index (Phi) is 2.71. The van der Waals surface area contributed by atoms with Gasteiger partial charge in [0.2, 0.25) is 0 Å². The number of aromatic hydroxyl groups is 1. The predicted molar refractivity (Wildman–Crippen MR) is 49.8 cm³/mol. The zero-order chi connectivity index (χ0) is 10.9. The number of phenolic OH excluding ortho intramolecular Hbond substituents is 1. The summed E-state index contributed by atoms with van der Waals surface area (Å²) in [6.45, 7) is 1.12. The lowest BCUT2D eigenvalue weighted by molar-refractivity contribution is -0.385. The number of halogens is 1. The highest BCUT2D eigenvalue weighted by Gasteiger charge is 2.23. The van der Waals surface area contributed by atoms with Gasteiger partial charge in [0, 0.05) is 6.07 Å². The number of benzene rings is 1. The molecule has 0 heterocycles. The van der Waals surface area contributed by atoms with Gasteiger partial charge in [0.15, 0.2) is 11.5 Å². The average molecular weight is 216 g/mol. The zero-order valence-electron chi connectivity index (χ0n) is 7.15. The van der Waals surface area contributed by atoms with Crippen molar-refractivity contribution in [1.29, 1.82) is 0 Å². The summed E-state index contributed by atoms with van der Waals surface area (Å²) in [4.78, 5) is 20.8. The van der Waals surface area contributed by atoms with Crippen molar-refractivity contribution in [3.63, 3.8) is 0 Å². The van der Waals surface area contributed by atoms with Crippen LogP contribution in [0.1, 0.15) is 17.3 Å². The second-order valence-electron chi connectivity index (χ2n) is 2.60. The van der Waals surface area contributed by atoms with E-state index < -0.39 is 22.1 Å². The van der Waals surface area contributed by atoms with Gasteiger partial charge in [0.1, 0.15) is 5.56 Å². The molecule has 0 unspecified atom stereocenters. The van der Waals surface area contributed by atoms with Crippen LogP contribution in [0.25, 0.3) is 0 Å². The number of nitro groups is 1. The van der Waals surface area contributed by atoms with E-state index in [0.29, 0.717) is 0 Å². The van der Waals surface area contributed by atoms with Gasteiger partial charge in [0.05, 0.1) is 9.95 Å². The van der Waals surface area contributed by atoms with Crippen molar-refractivity contribution >= 4 is 23.1 Å². The molecule has 1 rings (SSSR count). The van der Waals surface area contributed by atoms with Gasteiger partial charge in [-0.05, 0) is 13.0 Å². The topological polar surface area (TPSA) is 80.4 Å². The fraction of sp³-hybridized carbons (Fsp3) is 0.125. The molecule has 14 heavy (non-hydrogen) atoms. The first-order chi connectivity index (χ1) is 6.45.